The van der Waals surface area contributed by atoms with Gasteiger partial charge in [-0.2, -0.15) is 5.10 Å². The lowest BCUT2D eigenvalue weighted by atomic mass is 9.39. The maximum atomic E-state index is 13.6. The van der Waals surface area contributed by atoms with Crippen molar-refractivity contribution in [3.63, 3.8) is 0 Å². The normalized spacial score (nSPS) is 25.2. The zero-order chi connectivity index (χ0) is 67.6. The van der Waals surface area contributed by atoms with E-state index in [1.165, 1.54) is 34.2 Å². The smallest absolute Gasteiger partial charge is 0.409 e. The number of likely N-dealkylation sites (N-methyl/N-ethyl adjacent to an activating group) is 1. The first kappa shape index (κ1) is 68.3. The molecule has 3 amide bonds. The fraction of sp³-hybridized carbons (Fsp3) is 0.500. The van der Waals surface area contributed by atoms with Crippen LogP contribution in [0.15, 0.2) is 91.0 Å². The SMILES string of the molecule is C=CS(=O)(=O)CCCCCC(=O)NCCC(=O)Nc1cc(COC(=O)N(C)CCOC23CC4(C)CC(C)(CC(Cn5ncc(-c6ccc(N7CCc8cccc(CNc9nc%10ccccc%10s9)c8C7)nc6C(=O)O)c5C)(C4)C2)C3)ccc1O[C@@H]1O[C@H](C(=O)O)[C@@H](O)[C@H](O)[C@H]1O. The van der Waals surface area contributed by atoms with E-state index < -0.39 is 70.1 Å². The van der Waals surface area contributed by atoms with Gasteiger partial charge in [-0.15, -0.1) is 0 Å². The Morgan fingerprint density at radius 2 is 1.65 bits per heavy atom. The molecule has 1 saturated heterocycles. The van der Waals surface area contributed by atoms with Gasteiger partial charge in [0.1, 0.15) is 36.5 Å². The lowest BCUT2D eigenvalue weighted by molar-refractivity contribution is -0.271. The molecular formula is C68H83N9O16S2. The van der Waals surface area contributed by atoms with Crippen molar-refractivity contribution < 1.29 is 76.9 Å². The Bertz CT molecular complexity index is 3960. The number of nitrogens with zero attached hydrogens (tertiary/aromatic N) is 6. The molecule has 95 heavy (non-hydrogen) atoms. The van der Waals surface area contributed by atoms with Gasteiger partial charge in [-0.25, -0.2) is 32.8 Å². The van der Waals surface area contributed by atoms with E-state index in [-0.39, 0.29) is 84.2 Å². The number of hydrogen-bond donors (Lipinski definition) is 8. The van der Waals surface area contributed by atoms with Gasteiger partial charge in [-0.05, 0) is 140 Å². The number of carbonyl (C=O) groups is 5. The Morgan fingerprint density at radius 1 is 0.874 bits per heavy atom. The summed E-state index contributed by atoms with van der Waals surface area (Å²) in [5, 5.41) is 67.4. The van der Waals surface area contributed by atoms with Crippen LogP contribution in [0.1, 0.15) is 123 Å². The molecule has 4 saturated carbocycles. The van der Waals surface area contributed by atoms with Crippen LogP contribution in [0.5, 0.6) is 5.75 Å². The van der Waals surface area contributed by atoms with Gasteiger partial charge in [0.05, 0.1) is 40.1 Å². The van der Waals surface area contributed by atoms with E-state index >= 15 is 0 Å². The average molecular weight is 1350 g/mol. The van der Waals surface area contributed by atoms with E-state index in [1.807, 2.05) is 41.9 Å². The number of para-hydroxylation sites is 1. The van der Waals surface area contributed by atoms with Gasteiger partial charge in [0, 0.05) is 81.4 Å². The number of amides is 3. The van der Waals surface area contributed by atoms with Crippen LogP contribution in [0, 0.1) is 23.2 Å². The van der Waals surface area contributed by atoms with Gasteiger partial charge in [0.15, 0.2) is 26.8 Å². The summed E-state index contributed by atoms with van der Waals surface area (Å²) in [5.74, 6) is -3.32. The molecule has 0 spiro atoms. The van der Waals surface area contributed by atoms with Crippen molar-refractivity contribution >= 4 is 77.9 Å². The molecule has 7 atom stereocenters. The molecule has 4 bridgehead atoms. The molecule has 2 unspecified atom stereocenters. The fourth-order valence-electron chi connectivity index (χ4n) is 15.8. The minimum absolute atomic E-state index is 0.0238. The Kier molecular flexibility index (Phi) is 20.1. The standard InChI is InChI=1S/C68H83N9O16S2/c1-6-95(88,89)28-11-7-8-17-53(78)69-24-22-54(79)72-49-29-42(18-20-50(49)92-62-58(82)56(80)57(81)59(93-62)61(85)86)33-90-64(87)75(5)26-27-91-68-37-65(3)34-66(4,38-68)36-67(35-65,39-68)40-77-41(2)46(31-71-77)45-19-21-52(74-55(45)60(83)84)76-25-23-43-13-12-14-44(47(43)32-76)30-70-63-73-48-15-9-10-16-51(48)94-63/h6,9-10,12-16,18-21,29,31,56-59,62,80-82H,1,7-8,11,17,22-28,30,32-40H2,2-5H3,(H,69,78)(H,70,73)(H,72,79)(H,83,84)(H,85,86)/t56-,57-,58+,59-,62+,65?,66?,67?,68?/m0/s1. The number of sulfone groups is 1. The molecule has 8 N–H and O–H groups in total. The number of aliphatic hydroxyl groups excluding tert-OH is 3. The van der Waals surface area contributed by atoms with Gasteiger partial charge in [0.2, 0.25) is 18.1 Å². The first-order chi connectivity index (χ1) is 45.2. The van der Waals surface area contributed by atoms with E-state index in [0.717, 1.165) is 77.0 Å². The Morgan fingerprint density at radius 3 is 2.40 bits per heavy atom. The minimum atomic E-state index is -3.34. The fourth-order valence-corrected chi connectivity index (χ4v) is 17.5. The number of aliphatic hydroxyl groups is 3. The molecule has 6 aromatic rings. The number of aromatic carboxylic acids is 1. The second-order valence-corrected chi connectivity index (χ2v) is 30.2. The van der Waals surface area contributed by atoms with Crippen LogP contribution in [0.2, 0.25) is 0 Å². The summed E-state index contributed by atoms with van der Waals surface area (Å²) < 4.78 is 50.4. The third kappa shape index (κ3) is 15.6. The van der Waals surface area contributed by atoms with E-state index in [9.17, 15) is 57.9 Å². The van der Waals surface area contributed by atoms with Crippen LogP contribution >= 0.6 is 11.3 Å². The molecule has 5 heterocycles. The second-order valence-electron chi connectivity index (χ2n) is 27.1. The van der Waals surface area contributed by atoms with Crippen LogP contribution in [0.4, 0.5) is 21.4 Å². The molecule has 27 heteroatoms. The molecule has 508 valence electrons. The van der Waals surface area contributed by atoms with Crippen molar-refractivity contribution in [2.24, 2.45) is 16.2 Å². The zero-order valence-corrected chi connectivity index (χ0v) is 55.4. The number of aliphatic carboxylic acids is 1. The minimum Gasteiger partial charge on any atom is -0.479 e. The van der Waals surface area contributed by atoms with Crippen molar-refractivity contribution in [3.05, 3.63) is 125 Å². The molecule has 0 radical (unpaired) electrons. The maximum Gasteiger partial charge on any atom is 0.409 e. The van der Waals surface area contributed by atoms with Crippen molar-refractivity contribution in [3.8, 4) is 16.9 Å². The predicted octanol–water partition coefficient (Wildman–Crippen LogP) is 7.98. The molecule has 2 aliphatic heterocycles. The highest BCUT2D eigenvalue weighted by Crippen LogP contribution is 2.72. The van der Waals surface area contributed by atoms with E-state index in [1.54, 1.807) is 24.6 Å². The molecule has 5 fully saturated rings. The van der Waals surface area contributed by atoms with Crippen molar-refractivity contribution in [1.29, 1.82) is 0 Å². The Labute approximate surface area is 554 Å². The number of pyridine rings is 1. The maximum absolute atomic E-state index is 13.6. The van der Waals surface area contributed by atoms with Crippen molar-refractivity contribution in [2.75, 3.05) is 54.6 Å². The lowest BCUT2D eigenvalue weighted by Crippen LogP contribution is -2.64. The van der Waals surface area contributed by atoms with Crippen LogP contribution in [0.25, 0.3) is 21.3 Å². The van der Waals surface area contributed by atoms with Crippen LogP contribution in [0.3, 0.4) is 0 Å². The first-order valence-corrected chi connectivity index (χ1v) is 34.6. The van der Waals surface area contributed by atoms with Gasteiger partial charge < -0.3 is 70.2 Å². The van der Waals surface area contributed by atoms with Crippen molar-refractivity contribution in [1.82, 2.24) is 30.0 Å². The quantitative estimate of drug-likeness (QED) is 0.0216. The van der Waals surface area contributed by atoms with E-state index in [0.29, 0.717) is 67.9 Å². The summed E-state index contributed by atoms with van der Waals surface area (Å²) in [5.41, 5.74) is 6.22. The number of rotatable bonds is 28. The monoisotopic (exact) mass is 1350 g/mol. The van der Waals surface area contributed by atoms with E-state index in [2.05, 4.69) is 65.5 Å². The number of hydrogen-bond acceptors (Lipinski definition) is 20. The third-order valence-corrected chi connectivity index (χ3v) is 21.5. The average Bonchev–Trinajstić information content (AvgIpc) is 1.04. The summed E-state index contributed by atoms with van der Waals surface area (Å²) in [6.45, 7) is 12.5. The number of unbranched alkanes of at least 4 members (excludes halogenated alkanes) is 2. The molecule has 3 aromatic heterocycles. The van der Waals surface area contributed by atoms with E-state index in [4.69, 9.17) is 34.0 Å². The van der Waals surface area contributed by atoms with Gasteiger partial charge in [-0.1, -0.05) is 74.6 Å². The van der Waals surface area contributed by atoms with Gasteiger partial charge in [0.25, 0.3) is 0 Å². The predicted molar refractivity (Wildman–Crippen MR) is 353 cm³/mol. The zero-order valence-electron chi connectivity index (χ0n) is 53.8. The lowest BCUT2D eigenvalue weighted by Gasteiger charge is -2.69. The number of anilines is 3. The van der Waals surface area contributed by atoms with Crippen LogP contribution in [-0.2, 0) is 71.1 Å². The Hall–Kier alpha value is -8.05. The van der Waals surface area contributed by atoms with Crippen molar-refractivity contribution in [2.45, 2.75) is 160 Å². The summed E-state index contributed by atoms with van der Waals surface area (Å²) in [6.07, 6.45) is -1.12. The number of fused-ring (bicyclic) bond motifs is 2. The summed E-state index contributed by atoms with van der Waals surface area (Å²) >= 11 is 1.62. The summed E-state index contributed by atoms with van der Waals surface area (Å²) in [6, 6.07) is 22.5. The molecule has 3 aromatic carbocycles. The van der Waals surface area contributed by atoms with Crippen LogP contribution in [-0.4, -0.2) is 164 Å². The number of nitrogens with one attached hydrogen (secondary N) is 3. The highest BCUT2D eigenvalue weighted by molar-refractivity contribution is 7.94. The largest absolute Gasteiger partial charge is 0.479 e. The number of ether oxygens (including phenoxy) is 4. The molecule has 6 aliphatic rings. The first-order valence-electron chi connectivity index (χ1n) is 32.1. The molecular weight excluding hydrogens is 1260 g/mol. The molecule has 25 nitrogen and oxygen atoms in total. The van der Waals surface area contributed by atoms with Crippen LogP contribution < -0.4 is 25.6 Å². The Balaban J connectivity index is 0.708. The number of carboxylic acid groups (broad SMARTS) is 2. The number of carboxylic acids is 2. The number of carbonyl (C=O) groups excluding carboxylic acids is 3. The number of thiazole rings is 1. The van der Waals surface area contributed by atoms with Gasteiger partial charge >= 0.3 is 18.0 Å². The second kappa shape index (κ2) is 28.0. The van der Waals surface area contributed by atoms with Gasteiger partial charge in [-0.3, -0.25) is 14.3 Å². The number of benzene rings is 3. The highest BCUT2D eigenvalue weighted by Gasteiger charge is 2.66. The molecule has 12 rings (SSSR count). The highest BCUT2D eigenvalue weighted by atomic mass is 32.2. The third-order valence-electron chi connectivity index (χ3n) is 19.2. The molecule has 4 aliphatic carbocycles. The topological polar surface area (TPSA) is 344 Å². The summed E-state index contributed by atoms with van der Waals surface area (Å²) in [4.78, 5) is 77.6. The number of aromatic nitrogens is 4. The summed E-state index contributed by atoms with van der Waals surface area (Å²) in [7, 11) is -1.74.